The molecule has 1 saturated heterocycles. The molecule has 1 heterocycles. The van der Waals surface area contributed by atoms with Gasteiger partial charge in [0.1, 0.15) is 5.82 Å². The van der Waals surface area contributed by atoms with Crippen LogP contribution in [-0.2, 0) is 0 Å². The van der Waals surface area contributed by atoms with Crippen LogP contribution in [0.3, 0.4) is 0 Å². The van der Waals surface area contributed by atoms with Crippen molar-refractivity contribution in [1.82, 2.24) is 4.90 Å². The van der Waals surface area contributed by atoms with Crippen LogP contribution in [0.4, 0.5) is 4.39 Å². The van der Waals surface area contributed by atoms with Gasteiger partial charge in [0.25, 0.3) is 5.91 Å². The third-order valence-electron chi connectivity index (χ3n) is 4.37. The fraction of sp³-hybridized carbons (Fsp3) is 0.500. The second-order valence-electron chi connectivity index (χ2n) is 5.50. The molecule has 1 aromatic carbocycles. The third kappa shape index (κ3) is 2.80. The molecule has 3 nitrogen and oxygen atoms in total. The van der Waals surface area contributed by atoms with Gasteiger partial charge in [-0.1, -0.05) is 0 Å². The molecule has 3 unspecified atom stereocenters. The molecule has 0 spiro atoms. The highest BCUT2D eigenvalue weighted by Crippen LogP contribution is 2.37. The minimum absolute atomic E-state index is 0. The number of hydrogen-bond acceptors (Lipinski definition) is 2. The number of amides is 1. The lowest BCUT2D eigenvalue weighted by Crippen LogP contribution is -2.33. The second kappa shape index (κ2) is 6.15. The number of benzene rings is 1. The van der Waals surface area contributed by atoms with E-state index < -0.39 is 0 Å². The van der Waals surface area contributed by atoms with E-state index >= 15 is 0 Å². The van der Waals surface area contributed by atoms with Crippen molar-refractivity contribution in [3.63, 3.8) is 0 Å². The van der Waals surface area contributed by atoms with E-state index in [1.807, 2.05) is 27.5 Å². The molecule has 1 aromatic rings. The van der Waals surface area contributed by atoms with Crippen molar-refractivity contribution in [3.05, 3.63) is 33.1 Å². The van der Waals surface area contributed by atoms with E-state index in [0.29, 0.717) is 21.0 Å². The number of likely N-dealkylation sites (tertiary alicyclic amines) is 1. The first-order valence-corrected chi connectivity index (χ1v) is 7.64. The van der Waals surface area contributed by atoms with Gasteiger partial charge in [-0.05, 0) is 65.5 Å². The van der Waals surface area contributed by atoms with Crippen LogP contribution in [0.2, 0.25) is 0 Å². The maximum Gasteiger partial charge on any atom is 0.253 e. The van der Waals surface area contributed by atoms with Gasteiger partial charge in [0, 0.05) is 28.3 Å². The van der Waals surface area contributed by atoms with Gasteiger partial charge in [-0.15, -0.1) is 12.4 Å². The van der Waals surface area contributed by atoms with Crippen molar-refractivity contribution in [2.24, 2.45) is 17.6 Å². The Bertz CT molecular complexity index is 528. The first-order chi connectivity index (χ1) is 9.06. The summed E-state index contributed by atoms with van der Waals surface area (Å²) in [5, 5.41) is 0. The van der Waals surface area contributed by atoms with Gasteiger partial charge in [-0.3, -0.25) is 4.79 Å². The highest BCUT2D eigenvalue weighted by Gasteiger charge is 2.42. The fourth-order valence-corrected chi connectivity index (χ4v) is 3.80. The summed E-state index contributed by atoms with van der Waals surface area (Å²) in [7, 11) is 0. The van der Waals surface area contributed by atoms with Crippen LogP contribution in [0.5, 0.6) is 0 Å². The summed E-state index contributed by atoms with van der Waals surface area (Å²) in [4.78, 5) is 14.3. The molecule has 0 radical (unpaired) electrons. The normalized spacial score (nSPS) is 28.1. The second-order valence-corrected chi connectivity index (χ2v) is 6.67. The minimum atomic E-state index is -0.280. The van der Waals surface area contributed by atoms with Crippen LogP contribution in [0.15, 0.2) is 18.2 Å². The van der Waals surface area contributed by atoms with Crippen LogP contribution in [0, 0.1) is 21.2 Å². The van der Waals surface area contributed by atoms with Gasteiger partial charge in [0.15, 0.2) is 0 Å². The van der Waals surface area contributed by atoms with Crippen molar-refractivity contribution in [3.8, 4) is 0 Å². The zero-order chi connectivity index (χ0) is 13.6. The summed E-state index contributed by atoms with van der Waals surface area (Å²) < 4.78 is 13.7. The van der Waals surface area contributed by atoms with E-state index in [1.54, 1.807) is 12.1 Å². The number of carbonyl (C=O) groups excluding carboxylic acids is 1. The summed E-state index contributed by atoms with van der Waals surface area (Å²) in [5.74, 6) is 0.721. The number of fused-ring (bicyclic) bond motifs is 1. The molecule has 110 valence electrons. The van der Waals surface area contributed by atoms with Gasteiger partial charge in [0.05, 0.1) is 0 Å². The van der Waals surface area contributed by atoms with Gasteiger partial charge < -0.3 is 10.6 Å². The number of carbonyl (C=O) groups is 1. The smallest absolute Gasteiger partial charge is 0.253 e. The molecule has 3 rings (SSSR count). The molecule has 1 amide bonds. The lowest BCUT2D eigenvalue weighted by atomic mass is 9.98. The van der Waals surface area contributed by atoms with Crippen LogP contribution in [0.25, 0.3) is 0 Å². The maximum atomic E-state index is 13.2. The van der Waals surface area contributed by atoms with E-state index in [9.17, 15) is 9.18 Å². The molecule has 2 N–H and O–H groups in total. The topological polar surface area (TPSA) is 46.3 Å². The first-order valence-electron chi connectivity index (χ1n) is 6.56. The van der Waals surface area contributed by atoms with E-state index in [-0.39, 0.29) is 30.2 Å². The molecule has 1 saturated carbocycles. The molecule has 0 aromatic heterocycles. The largest absolute Gasteiger partial charge is 0.338 e. The Balaban J connectivity index is 0.00000147. The van der Waals surface area contributed by atoms with Crippen molar-refractivity contribution in [2.75, 3.05) is 13.1 Å². The number of rotatable bonds is 1. The Labute approximate surface area is 137 Å². The molecule has 6 heteroatoms. The predicted octanol–water partition coefficient (Wildman–Crippen LogP) is 2.66. The Morgan fingerprint density at radius 3 is 2.75 bits per heavy atom. The quantitative estimate of drug-likeness (QED) is 0.724. The third-order valence-corrected chi connectivity index (χ3v) is 5.19. The van der Waals surface area contributed by atoms with Gasteiger partial charge in [-0.2, -0.15) is 0 Å². The van der Waals surface area contributed by atoms with Crippen molar-refractivity contribution >= 4 is 40.9 Å². The lowest BCUT2D eigenvalue weighted by molar-refractivity contribution is 0.0779. The molecule has 20 heavy (non-hydrogen) atoms. The summed E-state index contributed by atoms with van der Waals surface area (Å²) in [5.41, 5.74) is 6.65. The lowest BCUT2D eigenvalue weighted by Gasteiger charge is -2.19. The molecular formula is C14H17ClFIN2O. The molecular weight excluding hydrogens is 394 g/mol. The van der Waals surface area contributed by atoms with Crippen LogP contribution < -0.4 is 5.73 Å². The first kappa shape index (κ1) is 16.0. The van der Waals surface area contributed by atoms with E-state index in [0.717, 1.165) is 25.9 Å². The number of hydrogen-bond donors (Lipinski definition) is 1. The van der Waals surface area contributed by atoms with Gasteiger partial charge in [0.2, 0.25) is 0 Å². The number of nitrogens with zero attached hydrogens (tertiary/aromatic N) is 1. The molecule has 1 aliphatic carbocycles. The maximum absolute atomic E-state index is 13.2. The highest BCUT2D eigenvalue weighted by atomic mass is 127. The Morgan fingerprint density at radius 1 is 1.35 bits per heavy atom. The van der Waals surface area contributed by atoms with E-state index in [4.69, 9.17) is 5.73 Å². The molecule has 1 aliphatic heterocycles. The van der Waals surface area contributed by atoms with Gasteiger partial charge >= 0.3 is 0 Å². The minimum Gasteiger partial charge on any atom is -0.338 e. The SMILES string of the molecule is Cl.NC1CCC2CN(C(=O)c3ccc(F)c(I)c3)CC12. The molecule has 2 fully saturated rings. The Hall–Kier alpha value is -0.400. The average Bonchev–Trinajstić information content (AvgIpc) is 2.95. The average molecular weight is 411 g/mol. The Morgan fingerprint density at radius 2 is 2.10 bits per heavy atom. The molecule has 0 bridgehead atoms. The monoisotopic (exact) mass is 410 g/mol. The van der Waals surface area contributed by atoms with Crippen LogP contribution >= 0.6 is 35.0 Å². The summed E-state index contributed by atoms with van der Waals surface area (Å²) in [6.07, 6.45) is 2.20. The van der Waals surface area contributed by atoms with Crippen molar-refractivity contribution in [2.45, 2.75) is 18.9 Å². The predicted molar refractivity (Wildman–Crippen MR) is 86.5 cm³/mol. The molecule has 2 aliphatic rings. The zero-order valence-corrected chi connectivity index (χ0v) is 13.9. The standard InChI is InChI=1S/C14H16FIN2O.ClH/c15-11-3-1-8(5-12(11)16)14(19)18-6-9-2-4-13(17)10(9)7-18;/h1,3,5,9-10,13H,2,4,6-7,17H2;1H. The van der Waals surface area contributed by atoms with Crippen LogP contribution in [-0.4, -0.2) is 29.9 Å². The van der Waals surface area contributed by atoms with Gasteiger partial charge in [-0.25, -0.2) is 4.39 Å². The fourth-order valence-electron chi connectivity index (χ4n) is 3.29. The van der Waals surface area contributed by atoms with Crippen molar-refractivity contribution < 1.29 is 9.18 Å². The Kier molecular flexibility index (Phi) is 4.92. The highest BCUT2D eigenvalue weighted by molar-refractivity contribution is 14.1. The number of nitrogens with two attached hydrogens (primary N) is 1. The summed E-state index contributed by atoms with van der Waals surface area (Å²) in [6, 6.07) is 4.77. The summed E-state index contributed by atoms with van der Waals surface area (Å²) >= 11 is 1.91. The van der Waals surface area contributed by atoms with Crippen molar-refractivity contribution in [1.29, 1.82) is 0 Å². The molecule has 3 atom stereocenters. The van der Waals surface area contributed by atoms with Crippen LogP contribution in [0.1, 0.15) is 23.2 Å². The van der Waals surface area contributed by atoms with E-state index in [1.165, 1.54) is 6.07 Å². The van der Waals surface area contributed by atoms with E-state index in [2.05, 4.69) is 0 Å². The zero-order valence-electron chi connectivity index (χ0n) is 10.9. The number of halogens is 3. The summed E-state index contributed by atoms with van der Waals surface area (Å²) in [6.45, 7) is 1.55.